The van der Waals surface area contributed by atoms with Gasteiger partial charge in [-0.1, -0.05) is 0 Å². The number of carbonyl (C=O) groups is 1. The van der Waals surface area contributed by atoms with Gasteiger partial charge >= 0.3 is 0 Å². The van der Waals surface area contributed by atoms with Gasteiger partial charge in [-0.05, 0) is 26.2 Å². The summed E-state index contributed by atoms with van der Waals surface area (Å²) in [5, 5.41) is 0. The number of amides is 1. The first-order valence-electron chi connectivity index (χ1n) is 6.61. The molecule has 1 fully saturated rings. The number of carbonyl (C=O) groups excluding carboxylic acids is 1. The zero-order valence-corrected chi connectivity index (χ0v) is 11.9. The second-order valence-corrected chi connectivity index (χ2v) is 6.01. The Kier molecular flexibility index (Phi) is 7.46. The van der Waals surface area contributed by atoms with Crippen molar-refractivity contribution in [2.45, 2.75) is 32.3 Å². The van der Waals surface area contributed by atoms with E-state index < -0.39 is 10.8 Å². The normalized spacial score (nSPS) is 19.6. The molecule has 1 saturated heterocycles. The molecule has 0 aromatic rings. The fourth-order valence-corrected chi connectivity index (χ4v) is 3.28. The SMILES string of the molecule is CCOC(CN)CS(=O)CC(=O)N1CCCCC1. The number of piperidine rings is 1. The maximum atomic E-state index is 11.9. The molecular formula is C12H24N2O3S. The zero-order chi connectivity index (χ0) is 13.4. The first-order chi connectivity index (χ1) is 8.67. The number of nitrogens with two attached hydrogens (primary N) is 1. The van der Waals surface area contributed by atoms with Crippen LogP contribution >= 0.6 is 0 Å². The van der Waals surface area contributed by atoms with E-state index in [1.807, 2.05) is 11.8 Å². The summed E-state index contributed by atoms with van der Waals surface area (Å²) in [6.45, 7) is 4.39. The lowest BCUT2D eigenvalue weighted by atomic mass is 10.1. The molecule has 0 aliphatic carbocycles. The van der Waals surface area contributed by atoms with Gasteiger partial charge in [-0.15, -0.1) is 0 Å². The third-order valence-corrected chi connectivity index (χ3v) is 4.34. The summed E-state index contributed by atoms with van der Waals surface area (Å²) in [7, 11) is -1.18. The molecule has 0 spiro atoms. The average molecular weight is 276 g/mol. The van der Waals surface area contributed by atoms with Crippen LogP contribution in [0.5, 0.6) is 0 Å². The molecule has 18 heavy (non-hydrogen) atoms. The molecule has 0 bridgehead atoms. The van der Waals surface area contributed by atoms with Gasteiger partial charge in [0.1, 0.15) is 5.75 Å². The van der Waals surface area contributed by atoms with E-state index >= 15 is 0 Å². The molecule has 2 atom stereocenters. The van der Waals surface area contributed by atoms with Crippen molar-refractivity contribution in [2.75, 3.05) is 37.7 Å². The zero-order valence-electron chi connectivity index (χ0n) is 11.1. The van der Waals surface area contributed by atoms with Gasteiger partial charge in [-0.25, -0.2) is 0 Å². The minimum Gasteiger partial charge on any atom is -0.376 e. The van der Waals surface area contributed by atoms with E-state index in [1.165, 1.54) is 6.42 Å². The highest BCUT2D eigenvalue weighted by Gasteiger charge is 2.20. The summed E-state index contributed by atoms with van der Waals surface area (Å²) in [6, 6.07) is 0. The maximum Gasteiger partial charge on any atom is 0.235 e. The molecule has 0 saturated carbocycles. The highest BCUT2D eigenvalue weighted by atomic mass is 32.2. The van der Waals surface area contributed by atoms with E-state index in [-0.39, 0.29) is 17.8 Å². The summed E-state index contributed by atoms with van der Waals surface area (Å²) in [4.78, 5) is 13.7. The van der Waals surface area contributed by atoms with Crippen LogP contribution in [-0.2, 0) is 20.3 Å². The molecule has 5 nitrogen and oxygen atoms in total. The quantitative estimate of drug-likeness (QED) is 0.716. The van der Waals surface area contributed by atoms with Crippen LogP contribution in [0.4, 0.5) is 0 Å². The number of nitrogens with zero attached hydrogens (tertiary/aromatic N) is 1. The second-order valence-electron chi connectivity index (χ2n) is 4.51. The monoisotopic (exact) mass is 276 g/mol. The largest absolute Gasteiger partial charge is 0.376 e. The highest BCUT2D eigenvalue weighted by Crippen LogP contribution is 2.09. The molecule has 1 aliphatic heterocycles. The Balaban J connectivity index is 2.31. The summed E-state index contributed by atoms with van der Waals surface area (Å²) in [5.74, 6) is 0.452. The molecule has 0 radical (unpaired) electrons. The lowest BCUT2D eigenvalue weighted by molar-refractivity contribution is -0.129. The Labute approximate surface area is 111 Å². The molecule has 2 N–H and O–H groups in total. The summed E-state index contributed by atoms with van der Waals surface area (Å²) < 4.78 is 17.2. The molecule has 2 unspecified atom stereocenters. The first-order valence-corrected chi connectivity index (χ1v) is 8.10. The highest BCUT2D eigenvalue weighted by molar-refractivity contribution is 7.85. The lowest BCUT2D eigenvalue weighted by Crippen LogP contribution is -2.40. The van der Waals surface area contributed by atoms with Crippen LogP contribution in [-0.4, -0.2) is 58.9 Å². The average Bonchev–Trinajstić information content (AvgIpc) is 2.39. The van der Waals surface area contributed by atoms with Crippen molar-refractivity contribution in [2.24, 2.45) is 5.73 Å². The minimum atomic E-state index is -1.18. The minimum absolute atomic E-state index is 0.000281. The van der Waals surface area contributed by atoms with Gasteiger partial charge in [0, 0.05) is 37.0 Å². The third kappa shape index (κ3) is 5.46. The predicted octanol–water partition coefficient (Wildman–Crippen LogP) is 0.111. The van der Waals surface area contributed by atoms with Crippen molar-refractivity contribution in [3.05, 3.63) is 0 Å². The van der Waals surface area contributed by atoms with Crippen LogP contribution < -0.4 is 5.73 Å². The van der Waals surface area contributed by atoms with Crippen molar-refractivity contribution < 1.29 is 13.7 Å². The Morgan fingerprint density at radius 2 is 2.06 bits per heavy atom. The van der Waals surface area contributed by atoms with Gasteiger partial charge in [-0.3, -0.25) is 9.00 Å². The van der Waals surface area contributed by atoms with Gasteiger partial charge in [-0.2, -0.15) is 0 Å². The van der Waals surface area contributed by atoms with Crippen molar-refractivity contribution >= 4 is 16.7 Å². The van der Waals surface area contributed by atoms with E-state index in [1.54, 1.807) is 0 Å². The van der Waals surface area contributed by atoms with Gasteiger partial charge in [0.25, 0.3) is 0 Å². The molecule has 1 heterocycles. The number of likely N-dealkylation sites (tertiary alicyclic amines) is 1. The topological polar surface area (TPSA) is 72.6 Å². The fourth-order valence-electron chi connectivity index (χ4n) is 2.06. The summed E-state index contributed by atoms with van der Waals surface area (Å²) in [6.07, 6.45) is 3.10. The van der Waals surface area contributed by atoms with Crippen LogP contribution in [0.25, 0.3) is 0 Å². The second kappa shape index (κ2) is 8.61. The molecular weight excluding hydrogens is 252 g/mol. The molecule has 1 aliphatic rings. The molecule has 1 rings (SSSR count). The standard InChI is InChI=1S/C12H24N2O3S/c1-2-17-11(8-13)9-18(16)10-12(15)14-6-4-3-5-7-14/h11H,2-10,13H2,1H3. The Morgan fingerprint density at radius 3 is 2.61 bits per heavy atom. The van der Waals surface area contributed by atoms with Crippen LogP contribution in [0.15, 0.2) is 0 Å². The molecule has 1 amide bonds. The molecule has 6 heteroatoms. The van der Waals surface area contributed by atoms with Gasteiger partial charge in [0.15, 0.2) is 0 Å². The fraction of sp³-hybridized carbons (Fsp3) is 0.917. The third-order valence-electron chi connectivity index (χ3n) is 3.03. The smallest absolute Gasteiger partial charge is 0.235 e. The number of ether oxygens (including phenoxy) is 1. The predicted molar refractivity (Wildman–Crippen MR) is 72.8 cm³/mol. The van der Waals surface area contributed by atoms with Gasteiger partial charge < -0.3 is 15.4 Å². The van der Waals surface area contributed by atoms with Gasteiger partial charge in [0.05, 0.1) is 11.9 Å². The van der Waals surface area contributed by atoms with E-state index in [0.717, 1.165) is 25.9 Å². The molecule has 106 valence electrons. The Bertz CT molecular complexity index is 280. The van der Waals surface area contributed by atoms with E-state index in [2.05, 4.69) is 0 Å². The van der Waals surface area contributed by atoms with E-state index in [9.17, 15) is 9.00 Å². The lowest BCUT2D eigenvalue weighted by Gasteiger charge is -2.26. The van der Waals surface area contributed by atoms with E-state index in [4.69, 9.17) is 10.5 Å². The van der Waals surface area contributed by atoms with Crippen molar-refractivity contribution in [3.63, 3.8) is 0 Å². The van der Waals surface area contributed by atoms with Crippen molar-refractivity contribution in [1.29, 1.82) is 0 Å². The Hall–Kier alpha value is -0.460. The number of hydrogen-bond donors (Lipinski definition) is 1. The molecule has 0 aromatic heterocycles. The van der Waals surface area contributed by atoms with Crippen LogP contribution in [0.3, 0.4) is 0 Å². The Morgan fingerprint density at radius 1 is 1.39 bits per heavy atom. The maximum absolute atomic E-state index is 11.9. The number of hydrogen-bond acceptors (Lipinski definition) is 4. The van der Waals surface area contributed by atoms with Crippen molar-refractivity contribution in [3.8, 4) is 0 Å². The van der Waals surface area contributed by atoms with Crippen LogP contribution in [0, 0.1) is 0 Å². The summed E-state index contributed by atoms with van der Waals surface area (Å²) in [5.41, 5.74) is 5.53. The first kappa shape index (κ1) is 15.6. The van der Waals surface area contributed by atoms with E-state index in [0.29, 0.717) is 18.9 Å². The summed E-state index contributed by atoms with van der Waals surface area (Å²) >= 11 is 0. The number of rotatable bonds is 7. The van der Waals surface area contributed by atoms with Crippen molar-refractivity contribution in [1.82, 2.24) is 4.90 Å². The molecule has 0 aromatic carbocycles. The van der Waals surface area contributed by atoms with Crippen LogP contribution in [0.1, 0.15) is 26.2 Å². The van der Waals surface area contributed by atoms with Crippen LogP contribution in [0.2, 0.25) is 0 Å². The van der Waals surface area contributed by atoms with Gasteiger partial charge in [0.2, 0.25) is 5.91 Å².